The maximum atomic E-state index is 13.7. The van der Waals surface area contributed by atoms with E-state index in [0.717, 1.165) is 17.3 Å². The first-order valence-corrected chi connectivity index (χ1v) is 12.3. The molecule has 3 atom stereocenters. The maximum Gasteiger partial charge on any atom is 0.268 e. The van der Waals surface area contributed by atoms with Crippen LogP contribution in [0.1, 0.15) is 48.0 Å². The quantitative estimate of drug-likeness (QED) is 0.575. The van der Waals surface area contributed by atoms with Crippen molar-refractivity contribution < 1.29 is 14.4 Å². The Morgan fingerprint density at radius 2 is 1.66 bits per heavy atom. The molecule has 2 saturated heterocycles. The fourth-order valence-electron chi connectivity index (χ4n) is 5.19. The second-order valence-electron chi connectivity index (χ2n) is 10.5. The molecule has 0 saturated carbocycles. The van der Waals surface area contributed by atoms with Crippen LogP contribution < -0.4 is 5.32 Å². The van der Waals surface area contributed by atoms with Crippen LogP contribution in [0.25, 0.3) is 10.9 Å². The van der Waals surface area contributed by atoms with Gasteiger partial charge in [0.2, 0.25) is 5.91 Å². The smallest absolute Gasteiger partial charge is 0.268 e. The molecule has 0 radical (unpaired) electrons. The number of hydrogen-bond donors (Lipinski definition) is 2. The minimum Gasteiger partial charge on any atom is -0.351 e. The summed E-state index contributed by atoms with van der Waals surface area (Å²) in [5, 5.41) is 4.35. The molecule has 35 heavy (non-hydrogen) atoms. The molecule has 7 nitrogen and oxygen atoms in total. The van der Waals surface area contributed by atoms with Gasteiger partial charge in [-0.25, -0.2) is 0 Å². The zero-order valence-corrected chi connectivity index (χ0v) is 20.8. The Bertz CT molecular complexity index is 1280. The molecule has 1 unspecified atom stereocenters. The number of nitrogens with zero attached hydrogens (tertiary/aromatic N) is 2. The first-order valence-electron chi connectivity index (χ1n) is 11.9. The van der Waals surface area contributed by atoms with Crippen LogP contribution in [0.2, 0.25) is 5.02 Å². The van der Waals surface area contributed by atoms with Gasteiger partial charge in [0.25, 0.3) is 11.8 Å². The van der Waals surface area contributed by atoms with Gasteiger partial charge in [0.05, 0.1) is 22.7 Å². The number of amides is 3. The van der Waals surface area contributed by atoms with Crippen LogP contribution in [0.5, 0.6) is 0 Å². The molecule has 8 heteroatoms. The Labute approximate surface area is 209 Å². The lowest BCUT2D eigenvalue weighted by molar-refractivity contribution is -0.138. The number of para-hydroxylation sites is 1. The monoisotopic (exact) mass is 492 g/mol. The van der Waals surface area contributed by atoms with Gasteiger partial charge in [-0.3, -0.25) is 14.4 Å². The average Bonchev–Trinajstić information content (AvgIpc) is 3.55. The van der Waals surface area contributed by atoms with Crippen molar-refractivity contribution in [3.8, 4) is 0 Å². The van der Waals surface area contributed by atoms with E-state index in [1.807, 2.05) is 54.8 Å². The topological polar surface area (TPSA) is 85.5 Å². The standard InChI is InChI=1S/C27H29ClN4O3/c1-27(2,3)23(30-24(33)22-12-16-8-4-7-11-21(16)29-22)26(35)32-15-17-13-18(32)14-31(17)25(34)19-9-5-6-10-20(19)28/h4-12,17-18,23,29H,13-15H2,1-3H3,(H,30,33)/t17-,18-,23?/m0/s1. The molecule has 0 aliphatic carbocycles. The molecule has 2 aliphatic heterocycles. The van der Waals surface area contributed by atoms with Crippen molar-refractivity contribution in [1.82, 2.24) is 20.1 Å². The van der Waals surface area contributed by atoms with Crippen molar-refractivity contribution in [1.29, 1.82) is 0 Å². The molecule has 2 N–H and O–H groups in total. The Balaban J connectivity index is 1.30. The molecule has 3 amide bonds. The molecule has 2 bridgehead atoms. The van der Waals surface area contributed by atoms with Crippen LogP contribution >= 0.6 is 11.6 Å². The van der Waals surface area contributed by atoms with Crippen LogP contribution in [0, 0.1) is 5.41 Å². The van der Waals surface area contributed by atoms with Crippen molar-refractivity contribution in [3.05, 3.63) is 70.9 Å². The van der Waals surface area contributed by atoms with E-state index in [4.69, 9.17) is 11.6 Å². The number of carbonyl (C=O) groups is 3. The molecular formula is C27H29ClN4O3. The van der Waals surface area contributed by atoms with E-state index in [0.29, 0.717) is 29.4 Å². The predicted molar refractivity (Wildman–Crippen MR) is 135 cm³/mol. The van der Waals surface area contributed by atoms with Crippen LogP contribution in [-0.2, 0) is 4.79 Å². The molecule has 2 fully saturated rings. The highest BCUT2D eigenvalue weighted by molar-refractivity contribution is 6.33. The highest BCUT2D eigenvalue weighted by Gasteiger charge is 2.50. The molecule has 3 aromatic rings. The zero-order valence-electron chi connectivity index (χ0n) is 20.0. The molecule has 1 aromatic heterocycles. The predicted octanol–water partition coefficient (Wildman–Crippen LogP) is 4.09. The average molecular weight is 493 g/mol. The molecule has 2 aliphatic rings. The number of hydrogen-bond acceptors (Lipinski definition) is 3. The van der Waals surface area contributed by atoms with Crippen LogP contribution in [0.4, 0.5) is 0 Å². The second kappa shape index (κ2) is 8.72. The number of benzene rings is 2. The van der Waals surface area contributed by atoms with Gasteiger partial charge >= 0.3 is 0 Å². The highest BCUT2D eigenvalue weighted by Crippen LogP contribution is 2.35. The third kappa shape index (κ3) is 4.29. The van der Waals surface area contributed by atoms with E-state index in [-0.39, 0.29) is 29.8 Å². The summed E-state index contributed by atoms with van der Waals surface area (Å²) >= 11 is 6.24. The molecule has 2 aromatic carbocycles. The Morgan fingerprint density at radius 3 is 2.31 bits per heavy atom. The molecule has 3 heterocycles. The number of carbonyl (C=O) groups excluding carboxylic acids is 3. The fraction of sp³-hybridized carbons (Fsp3) is 0.370. The summed E-state index contributed by atoms with van der Waals surface area (Å²) < 4.78 is 0. The number of H-pyrrole nitrogens is 1. The van der Waals surface area contributed by atoms with Gasteiger partial charge in [-0.15, -0.1) is 0 Å². The summed E-state index contributed by atoms with van der Waals surface area (Å²) in [6.07, 6.45) is 0.731. The summed E-state index contributed by atoms with van der Waals surface area (Å²) in [6.45, 7) is 6.76. The van der Waals surface area contributed by atoms with Gasteiger partial charge in [0.1, 0.15) is 11.7 Å². The van der Waals surface area contributed by atoms with E-state index >= 15 is 0 Å². The first-order chi connectivity index (χ1) is 16.6. The van der Waals surface area contributed by atoms with Crippen LogP contribution in [-0.4, -0.2) is 63.7 Å². The zero-order chi connectivity index (χ0) is 24.9. The fourth-order valence-corrected chi connectivity index (χ4v) is 5.41. The number of likely N-dealkylation sites (tertiary alicyclic amines) is 2. The third-order valence-corrected chi connectivity index (χ3v) is 7.38. The number of piperazine rings is 1. The Hall–Kier alpha value is -3.32. The van der Waals surface area contributed by atoms with Gasteiger partial charge in [-0.05, 0) is 36.1 Å². The third-order valence-electron chi connectivity index (χ3n) is 7.05. The largest absolute Gasteiger partial charge is 0.351 e. The number of aromatic amines is 1. The highest BCUT2D eigenvalue weighted by atomic mass is 35.5. The lowest BCUT2D eigenvalue weighted by Gasteiger charge is -2.39. The minimum atomic E-state index is -0.700. The van der Waals surface area contributed by atoms with E-state index in [1.165, 1.54) is 0 Å². The molecule has 5 rings (SSSR count). The van der Waals surface area contributed by atoms with Gasteiger partial charge in [0, 0.05) is 24.0 Å². The van der Waals surface area contributed by atoms with Crippen molar-refractivity contribution in [2.45, 2.75) is 45.3 Å². The summed E-state index contributed by atoms with van der Waals surface area (Å²) in [5.41, 5.74) is 1.29. The van der Waals surface area contributed by atoms with Crippen molar-refractivity contribution in [3.63, 3.8) is 0 Å². The molecule has 0 spiro atoms. The summed E-state index contributed by atoms with van der Waals surface area (Å²) in [7, 11) is 0. The second-order valence-corrected chi connectivity index (χ2v) is 10.9. The van der Waals surface area contributed by atoms with Crippen molar-refractivity contribution in [2.75, 3.05) is 13.1 Å². The van der Waals surface area contributed by atoms with E-state index in [2.05, 4.69) is 10.3 Å². The number of aromatic nitrogens is 1. The maximum absolute atomic E-state index is 13.7. The Kier molecular flexibility index (Phi) is 5.83. The van der Waals surface area contributed by atoms with E-state index in [1.54, 1.807) is 30.3 Å². The van der Waals surface area contributed by atoms with E-state index in [9.17, 15) is 14.4 Å². The minimum absolute atomic E-state index is 0.0576. The van der Waals surface area contributed by atoms with E-state index < -0.39 is 11.5 Å². The summed E-state index contributed by atoms with van der Waals surface area (Å²) in [5.74, 6) is -0.525. The Morgan fingerprint density at radius 1 is 1.00 bits per heavy atom. The number of halogens is 1. The van der Waals surface area contributed by atoms with Gasteiger partial charge in [0.15, 0.2) is 0 Å². The number of nitrogens with one attached hydrogen (secondary N) is 2. The summed E-state index contributed by atoms with van der Waals surface area (Å²) in [6, 6.07) is 15.7. The lowest BCUT2D eigenvalue weighted by atomic mass is 9.85. The van der Waals surface area contributed by atoms with Crippen molar-refractivity contribution >= 4 is 40.2 Å². The van der Waals surface area contributed by atoms with Gasteiger partial charge in [-0.1, -0.05) is 62.7 Å². The van der Waals surface area contributed by atoms with Crippen LogP contribution in [0.15, 0.2) is 54.6 Å². The SMILES string of the molecule is CC(C)(C)C(NC(=O)c1cc2ccccc2[nH]1)C(=O)N1C[C@@H]2C[C@H]1CN2C(=O)c1ccccc1Cl. The molecular weight excluding hydrogens is 464 g/mol. The normalized spacial score (nSPS) is 20.3. The number of fused-ring (bicyclic) bond motifs is 3. The van der Waals surface area contributed by atoms with Gasteiger partial charge in [-0.2, -0.15) is 0 Å². The molecule has 182 valence electrons. The lowest BCUT2D eigenvalue weighted by Crippen LogP contribution is -2.59. The van der Waals surface area contributed by atoms with Crippen LogP contribution in [0.3, 0.4) is 0 Å². The number of rotatable bonds is 4. The first kappa shape index (κ1) is 23.4. The summed E-state index contributed by atoms with van der Waals surface area (Å²) in [4.78, 5) is 46.7. The van der Waals surface area contributed by atoms with Gasteiger partial charge < -0.3 is 20.1 Å². The van der Waals surface area contributed by atoms with Crippen molar-refractivity contribution in [2.24, 2.45) is 5.41 Å².